The van der Waals surface area contributed by atoms with Crippen molar-refractivity contribution in [2.45, 2.75) is 53.9 Å². The van der Waals surface area contributed by atoms with Gasteiger partial charge in [0.05, 0.1) is 11.5 Å². The molecule has 0 unspecified atom stereocenters. The second kappa shape index (κ2) is 4.34. The Kier molecular flexibility index (Phi) is 2.43. The van der Waals surface area contributed by atoms with Crippen LogP contribution >= 0.6 is 0 Å². The average Bonchev–Trinajstić information content (AvgIpc) is 3.58. The number of Topliss-reactive ketones (excluding diaryl/α,β-unsaturated/α-hetero) is 1. The number of epoxide rings is 2. The Morgan fingerprint density at radius 3 is 2.32 bits per heavy atom. The van der Waals surface area contributed by atoms with Crippen LogP contribution < -0.4 is 9.47 Å². The number of aliphatic hydroxyl groups excluding tert-OH is 3. The number of hydrogen-bond donors (Lipinski definition) is 3. The molecule has 3 N–H and O–H groups in total. The van der Waals surface area contributed by atoms with Crippen LogP contribution in [0.5, 0.6) is 11.5 Å². The van der Waals surface area contributed by atoms with Gasteiger partial charge in [0, 0.05) is 6.42 Å². The van der Waals surface area contributed by atoms with Gasteiger partial charge in [0.2, 0.25) is 5.60 Å². The zero-order chi connectivity index (χ0) is 19.1. The summed E-state index contributed by atoms with van der Waals surface area (Å²) in [7, 11) is 0. The fourth-order valence-electron chi connectivity index (χ4n) is 5.65. The van der Waals surface area contributed by atoms with Gasteiger partial charge in [0.25, 0.3) is 0 Å². The summed E-state index contributed by atoms with van der Waals surface area (Å²) >= 11 is 0. The predicted molar refractivity (Wildman–Crippen MR) is 90.8 cm³/mol. The second-order valence-electron chi connectivity index (χ2n) is 8.16. The van der Waals surface area contributed by atoms with Crippen LogP contribution in [0.1, 0.15) is 6.42 Å². The summed E-state index contributed by atoms with van der Waals surface area (Å²) in [5.41, 5.74) is -3.48. The van der Waals surface area contributed by atoms with Gasteiger partial charge in [-0.1, -0.05) is 24.3 Å². The van der Waals surface area contributed by atoms with Crippen molar-refractivity contribution in [3.8, 4) is 11.5 Å². The molecule has 4 fully saturated rings. The van der Waals surface area contributed by atoms with Crippen LogP contribution in [0.2, 0.25) is 0 Å². The highest BCUT2D eigenvalue weighted by atomic mass is 16.8. The third kappa shape index (κ3) is 1.34. The minimum absolute atomic E-state index is 0.326. The molecule has 7 rings (SSSR count). The van der Waals surface area contributed by atoms with Crippen LogP contribution in [0.25, 0.3) is 10.8 Å². The first-order valence-electron chi connectivity index (χ1n) is 9.29. The van der Waals surface area contributed by atoms with E-state index in [2.05, 4.69) is 0 Å². The maximum atomic E-state index is 13.2. The molecule has 7 atom stereocenters. The first-order valence-corrected chi connectivity index (χ1v) is 9.29. The largest absolute Gasteiger partial charge is 0.446 e. The molecule has 2 aliphatic carbocycles. The van der Waals surface area contributed by atoms with E-state index in [4.69, 9.17) is 18.9 Å². The summed E-state index contributed by atoms with van der Waals surface area (Å²) in [5.74, 6) is -1.14. The molecule has 8 nitrogen and oxygen atoms in total. The Balaban J connectivity index is 1.48. The molecule has 1 spiro atoms. The van der Waals surface area contributed by atoms with Crippen molar-refractivity contribution in [2.75, 3.05) is 0 Å². The van der Waals surface area contributed by atoms with Crippen LogP contribution in [-0.4, -0.2) is 68.6 Å². The molecule has 2 saturated heterocycles. The number of ketones is 1. The maximum absolute atomic E-state index is 13.2. The van der Waals surface area contributed by atoms with Crippen molar-refractivity contribution in [1.82, 2.24) is 0 Å². The molecule has 0 aromatic heterocycles. The number of carbonyl (C=O) groups is 1. The molecule has 28 heavy (non-hydrogen) atoms. The quantitative estimate of drug-likeness (QED) is 0.527. The second-order valence-corrected chi connectivity index (χ2v) is 8.16. The normalized spacial score (nSPS) is 46.1. The molecule has 0 bridgehead atoms. The Morgan fingerprint density at radius 1 is 0.964 bits per heavy atom. The average molecular weight is 384 g/mol. The molecule has 5 aliphatic rings. The van der Waals surface area contributed by atoms with Gasteiger partial charge in [-0.25, -0.2) is 0 Å². The molecule has 2 aromatic rings. The minimum Gasteiger partial charge on any atom is -0.446 e. The molecular formula is C20H16O8. The van der Waals surface area contributed by atoms with E-state index in [-0.39, 0.29) is 6.42 Å². The number of hydrogen-bond acceptors (Lipinski definition) is 8. The summed E-state index contributed by atoms with van der Waals surface area (Å²) in [4.78, 5) is 13.2. The minimum atomic E-state index is -1.76. The van der Waals surface area contributed by atoms with Crippen molar-refractivity contribution in [2.24, 2.45) is 0 Å². The molecule has 0 amide bonds. The van der Waals surface area contributed by atoms with Crippen molar-refractivity contribution in [1.29, 1.82) is 0 Å². The standard InChI is InChI=1S/C20H16O8/c21-9-7-12(22)19-18(28-19,15(9)23)16(24)14-17(25-14)20(19)26-10-5-1-3-8-4-2-6-11(27-20)13(8)10/h1-6,9,14-17,21,23-24H,7H2/t9-,14+,15-,16-,17+,18-,19-/m0/s1. The fraction of sp³-hybridized carbons (Fsp3) is 0.450. The molecule has 2 saturated carbocycles. The molecule has 3 heterocycles. The lowest BCUT2D eigenvalue weighted by atomic mass is 9.63. The first-order chi connectivity index (χ1) is 13.5. The smallest absolute Gasteiger partial charge is 0.320 e. The number of aliphatic hydroxyl groups is 3. The Hall–Kier alpha value is -2.23. The van der Waals surface area contributed by atoms with Gasteiger partial charge >= 0.3 is 5.79 Å². The number of carbonyl (C=O) groups excluding carboxylic acids is 1. The van der Waals surface area contributed by atoms with Crippen LogP contribution in [0.4, 0.5) is 0 Å². The van der Waals surface area contributed by atoms with Crippen LogP contribution in [0.15, 0.2) is 36.4 Å². The van der Waals surface area contributed by atoms with E-state index in [9.17, 15) is 20.1 Å². The summed E-state index contributed by atoms with van der Waals surface area (Å²) in [5, 5.41) is 33.4. The topological polar surface area (TPSA) is 121 Å². The number of rotatable bonds is 0. The van der Waals surface area contributed by atoms with E-state index >= 15 is 0 Å². The number of benzene rings is 2. The zero-order valence-electron chi connectivity index (χ0n) is 14.4. The van der Waals surface area contributed by atoms with Gasteiger partial charge < -0.3 is 34.3 Å². The van der Waals surface area contributed by atoms with Crippen LogP contribution in [-0.2, 0) is 14.3 Å². The number of fused-ring (bicyclic) bond motifs is 2. The Morgan fingerprint density at radius 2 is 1.64 bits per heavy atom. The van der Waals surface area contributed by atoms with E-state index < -0.39 is 53.3 Å². The third-order valence-corrected chi connectivity index (χ3v) is 6.91. The summed E-state index contributed by atoms with van der Waals surface area (Å²) < 4.78 is 24.2. The van der Waals surface area contributed by atoms with Crippen molar-refractivity contribution in [3.05, 3.63) is 36.4 Å². The van der Waals surface area contributed by atoms with Gasteiger partial charge in [0.1, 0.15) is 29.8 Å². The van der Waals surface area contributed by atoms with Crippen molar-refractivity contribution >= 4 is 16.6 Å². The Bertz CT molecular complexity index is 1040. The maximum Gasteiger partial charge on any atom is 0.320 e. The van der Waals surface area contributed by atoms with E-state index in [1.807, 2.05) is 24.3 Å². The molecule has 8 heteroatoms. The van der Waals surface area contributed by atoms with Crippen LogP contribution in [0, 0.1) is 0 Å². The molecular weight excluding hydrogens is 368 g/mol. The highest BCUT2D eigenvalue weighted by molar-refractivity contribution is 5.98. The highest BCUT2D eigenvalue weighted by Crippen LogP contribution is 2.72. The van der Waals surface area contributed by atoms with Crippen molar-refractivity contribution in [3.63, 3.8) is 0 Å². The Labute approximate surface area is 158 Å². The lowest BCUT2D eigenvalue weighted by Gasteiger charge is -2.47. The fourth-order valence-corrected chi connectivity index (χ4v) is 5.65. The molecule has 2 aromatic carbocycles. The van der Waals surface area contributed by atoms with Crippen molar-refractivity contribution < 1.29 is 39.1 Å². The monoisotopic (exact) mass is 384 g/mol. The summed E-state index contributed by atoms with van der Waals surface area (Å²) in [6.45, 7) is 0. The molecule has 144 valence electrons. The van der Waals surface area contributed by atoms with E-state index in [1.165, 1.54) is 0 Å². The van der Waals surface area contributed by atoms with Gasteiger partial charge in [-0.3, -0.25) is 4.79 Å². The van der Waals surface area contributed by atoms with Crippen LogP contribution in [0.3, 0.4) is 0 Å². The summed E-state index contributed by atoms with van der Waals surface area (Å²) in [6, 6.07) is 11.1. The lowest BCUT2D eigenvalue weighted by Crippen LogP contribution is -2.76. The highest BCUT2D eigenvalue weighted by Gasteiger charge is 3.00. The lowest BCUT2D eigenvalue weighted by molar-refractivity contribution is -0.201. The van der Waals surface area contributed by atoms with E-state index in [0.717, 1.165) is 10.8 Å². The van der Waals surface area contributed by atoms with Gasteiger partial charge in [-0.15, -0.1) is 0 Å². The summed E-state index contributed by atoms with van der Waals surface area (Å²) in [6.07, 6.45) is -5.89. The first kappa shape index (κ1) is 15.7. The predicted octanol–water partition coefficient (Wildman–Crippen LogP) is -0.348. The van der Waals surface area contributed by atoms with E-state index in [1.54, 1.807) is 12.1 Å². The number of ether oxygens (including phenoxy) is 4. The third-order valence-electron chi connectivity index (χ3n) is 6.91. The van der Waals surface area contributed by atoms with Gasteiger partial charge in [-0.2, -0.15) is 0 Å². The van der Waals surface area contributed by atoms with E-state index in [0.29, 0.717) is 11.5 Å². The zero-order valence-corrected chi connectivity index (χ0v) is 14.4. The van der Waals surface area contributed by atoms with Gasteiger partial charge in [-0.05, 0) is 17.5 Å². The molecule has 3 aliphatic heterocycles. The van der Waals surface area contributed by atoms with Gasteiger partial charge in [0.15, 0.2) is 17.5 Å². The molecule has 0 radical (unpaired) electrons. The SMILES string of the molecule is O=C1C[C@H](O)[C@H](O)[C@@]23O[C@@]12C1(Oc2cccc4cccc(c24)O1)[C@@H]1O[C@@H]1[C@@H]3O.